The van der Waals surface area contributed by atoms with E-state index in [4.69, 9.17) is 16.3 Å². The Labute approximate surface area is 122 Å². The molecule has 0 bridgehead atoms. The number of carbonyl (C=O) groups is 1. The summed E-state index contributed by atoms with van der Waals surface area (Å²) in [4.78, 5) is 15.7. The van der Waals surface area contributed by atoms with Crippen molar-refractivity contribution in [1.82, 2.24) is 14.6 Å². The average Bonchev–Trinajstić information content (AvgIpc) is 2.77. The number of hydrogen-bond donors (Lipinski definition) is 0. The zero-order chi connectivity index (χ0) is 15.8. The van der Waals surface area contributed by atoms with Crippen molar-refractivity contribution < 1.29 is 22.7 Å². The first kappa shape index (κ1) is 15.6. The number of ether oxygens (including phenoxy) is 1. The summed E-state index contributed by atoms with van der Waals surface area (Å²) >= 11 is 5.96. The maximum atomic E-state index is 12.5. The lowest BCUT2D eigenvalue weighted by molar-refractivity contribution is -0.127. The second-order valence-corrected chi connectivity index (χ2v) is 4.63. The van der Waals surface area contributed by atoms with E-state index in [1.54, 1.807) is 6.92 Å². The van der Waals surface area contributed by atoms with Crippen molar-refractivity contribution in [2.24, 2.45) is 0 Å². The van der Waals surface area contributed by atoms with Crippen LogP contribution in [0.25, 0.3) is 5.65 Å². The van der Waals surface area contributed by atoms with Gasteiger partial charge in [0.2, 0.25) is 0 Å². The minimum Gasteiger partial charge on any atom is -0.462 e. The zero-order valence-corrected chi connectivity index (χ0v) is 11.9. The fraction of sp³-hybridized carbons (Fsp3) is 0.417. The highest BCUT2D eigenvalue weighted by Crippen LogP contribution is 2.29. The Morgan fingerprint density at radius 1 is 1.48 bits per heavy atom. The fourth-order valence-electron chi connectivity index (χ4n) is 1.85. The van der Waals surface area contributed by atoms with E-state index in [-0.39, 0.29) is 34.2 Å². The topological polar surface area (TPSA) is 56.5 Å². The molecule has 0 fully saturated rings. The summed E-state index contributed by atoms with van der Waals surface area (Å²) in [6, 6.07) is 0. The Kier molecular flexibility index (Phi) is 4.08. The number of halogens is 4. The van der Waals surface area contributed by atoms with E-state index in [1.165, 1.54) is 13.1 Å². The highest BCUT2D eigenvalue weighted by Gasteiger charge is 2.31. The molecule has 2 aromatic rings. The van der Waals surface area contributed by atoms with Gasteiger partial charge in [0.05, 0.1) is 19.2 Å². The number of fused-ring (bicyclic) bond motifs is 1. The third-order valence-electron chi connectivity index (χ3n) is 2.76. The molecule has 114 valence electrons. The highest BCUT2D eigenvalue weighted by atomic mass is 35.5. The van der Waals surface area contributed by atoms with Crippen LogP contribution in [0.1, 0.15) is 28.5 Å². The second-order valence-electron chi connectivity index (χ2n) is 4.27. The molecule has 0 radical (unpaired) electrons. The summed E-state index contributed by atoms with van der Waals surface area (Å²) in [5.41, 5.74) is 0.0494. The van der Waals surface area contributed by atoms with Gasteiger partial charge in [-0.1, -0.05) is 11.6 Å². The molecular formula is C12H11ClF3N3O2. The fourth-order valence-corrected chi connectivity index (χ4v) is 2.18. The molecule has 0 saturated carbocycles. The Morgan fingerprint density at radius 2 is 2.14 bits per heavy atom. The molecule has 0 aliphatic rings. The monoisotopic (exact) mass is 321 g/mol. The van der Waals surface area contributed by atoms with E-state index in [0.29, 0.717) is 0 Å². The molecule has 0 saturated heterocycles. The van der Waals surface area contributed by atoms with Crippen LogP contribution < -0.4 is 0 Å². The van der Waals surface area contributed by atoms with Gasteiger partial charge in [-0.2, -0.15) is 18.3 Å². The average molecular weight is 322 g/mol. The third kappa shape index (κ3) is 3.10. The molecule has 2 aromatic heterocycles. The first-order chi connectivity index (χ1) is 9.74. The summed E-state index contributed by atoms with van der Waals surface area (Å²) < 4.78 is 43.5. The van der Waals surface area contributed by atoms with Gasteiger partial charge >= 0.3 is 12.1 Å². The molecular weight excluding hydrogens is 311 g/mol. The van der Waals surface area contributed by atoms with Crippen LogP contribution in [-0.4, -0.2) is 33.4 Å². The quantitative estimate of drug-likeness (QED) is 0.644. The van der Waals surface area contributed by atoms with Crippen LogP contribution in [0.4, 0.5) is 13.2 Å². The largest absolute Gasteiger partial charge is 0.462 e. The summed E-state index contributed by atoms with van der Waals surface area (Å²) in [6.07, 6.45) is -4.46. The number of aryl methyl sites for hydroxylation is 1. The molecule has 0 amide bonds. The van der Waals surface area contributed by atoms with Crippen LogP contribution in [-0.2, 0) is 11.2 Å². The van der Waals surface area contributed by atoms with Gasteiger partial charge in [-0.25, -0.2) is 14.3 Å². The van der Waals surface area contributed by atoms with Gasteiger partial charge in [0.15, 0.2) is 5.65 Å². The summed E-state index contributed by atoms with van der Waals surface area (Å²) in [7, 11) is 0. The van der Waals surface area contributed by atoms with E-state index in [2.05, 4.69) is 10.1 Å². The number of carbonyl (C=O) groups excluding carboxylic acids is 1. The predicted octanol–water partition coefficient (Wildman–Crippen LogP) is 2.97. The van der Waals surface area contributed by atoms with Crippen LogP contribution in [0, 0.1) is 6.92 Å². The Balaban J connectivity index is 2.57. The summed E-state index contributed by atoms with van der Waals surface area (Å²) in [6.45, 7) is 3.20. The van der Waals surface area contributed by atoms with Gasteiger partial charge in [0.25, 0.3) is 0 Å². The molecule has 5 nitrogen and oxygen atoms in total. The van der Waals surface area contributed by atoms with Gasteiger partial charge in [-0.05, 0) is 13.8 Å². The number of hydrogen-bond acceptors (Lipinski definition) is 4. The molecule has 2 rings (SSSR count). The number of esters is 1. The normalized spacial score (nSPS) is 11.9. The maximum Gasteiger partial charge on any atom is 0.393 e. The van der Waals surface area contributed by atoms with Crippen LogP contribution >= 0.6 is 11.6 Å². The Hall–Kier alpha value is -1.83. The molecule has 21 heavy (non-hydrogen) atoms. The number of aromatic nitrogens is 3. The standard InChI is InChI=1S/C12H11ClF3N3O2/c1-3-21-11(20)8-5-17-19-9(13)7(4-12(14,15)16)6(2)18-10(8)19/h5H,3-4H2,1-2H3. The number of nitrogens with zero attached hydrogens (tertiary/aromatic N) is 3. The highest BCUT2D eigenvalue weighted by molar-refractivity contribution is 6.30. The zero-order valence-electron chi connectivity index (χ0n) is 11.2. The van der Waals surface area contributed by atoms with Crippen LogP contribution in [0.2, 0.25) is 5.15 Å². The van der Waals surface area contributed by atoms with Gasteiger partial charge < -0.3 is 4.74 Å². The molecule has 0 aliphatic heterocycles. The molecule has 0 spiro atoms. The molecule has 2 heterocycles. The number of alkyl halides is 3. The SMILES string of the molecule is CCOC(=O)c1cnn2c(Cl)c(CC(F)(F)F)c(C)nc12. The predicted molar refractivity (Wildman–Crippen MR) is 68.4 cm³/mol. The molecule has 9 heteroatoms. The van der Waals surface area contributed by atoms with Crippen molar-refractivity contribution in [2.45, 2.75) is 26.4 Å². The van der Waals surface area contributed by atoms with Crippen molar-refractivity contribution in [2.75, 3.05) is 6.61 Å². The second kappa shape index (κ2) is 5.51. The first-order valence-corrected chi connectivity index (χ1v) is 6.39. The maximum absolute atomic E-state index is 12.5. The van der Waals surface area contributed by atoms with Gasteiger partial charge in [-0.3, -0.25) is 0 Å². The minimum absolute atomic E-state index is 0.0559. The van der Waals surface area contributed by atoms with Gasteiger partial charge in [-0.15, -0.1) is 0 Å². The summed E-state index contributed by atoms with van der Waals surface area (Å²) in [5, 5.41) is 3.59. The van der Waals surface area contributed by atoms with E-state index in [9.17, 15) is 18.0 Å². The molecule has 0 N–H and O–H groups in total. The Morgan fingerprint density at radius 3 is 2.71 bits per heavy atom. The van der Waals surface area contributed by atoms with Crippen LogP contribution in [0.5, 0.6) is 0 Å². The lowest BCUT2D eigenvalue weighted by Gasteiger charge is -2.12. The van der Waals surface area contributed by atoms with Crippen molar-refractivity contribution in [3.8, 4) is 0 Å². The van der Waals surface area contributed by atoms with E-state index in [0.717, 1.165) is 4.52 Å². The molecule has 0 aromatic carbocycles. The van der Waals surface area contributed by atoms with Crippen molar-refractivity contribution in [1.29, 1.82) is 0 Å². The third-order valence-corrected chi connectivity index (χ3v) is 3.15. The van der Waals surface area contributed by atoms with E-state index in [1.807, 2.05) is 0 Å². The lowest BCUT2D eigenvalue weighted by Crippen LogP contribution is -2.15. The van der Waals surface area contributed by atoms with E-state index >= 15 is 0 Å². The van der Waals surface area contributed by atoms with E-state index < -0.39 is 18.6 Å². The molecule has 0 aliphatic carbocycles. The Bertz CT molecular complexity index is 697. The lowest BCUT2D eigenvalue weighted by atomic mass is 10.1. The first-order valence-electron chi connectivity index (χ1n) is 6.01. The minimum atomic E-state index is -4.42. The van der Waals surface area contributed by atoms with Crippen molar-refractivity contribution in [3.63, 3.8) is 0 Å². The van der Waals surface area contributed by atoms with Crippen molar-refractivity contribution in [3.05, 3.63) is 28.2 Å². The molecule has 0 unspecified atom stereocenters. The smallest absolute Gasteiger partial charge is 0.393 e. The molecule has 0 atom stereocenters. The number of rotatable bonds is 3. The van der Waals surface area contributed by atoms with Crippen LogP contribution in [0.15, 0.2) is 6.20 Å². The van der Waals surface area contributed by atoms with Gasteiger partial charge in [0.1, 0.15) is 10.7 Å². The van der Waals surface area contributed by atoms with Gasteiger partial charge in [0, 0.05) is 11.3 Å². The summed E-state index contributed by atoms with van der Waals surface area (Å²) in [5.74, 6) is -0.654. The van der Waals surface area contributed by atoms with Crippen molar-refractivity contribution >= 4 is 23.2 Å². The van der Waals surface area contributed by atoms with Crippen LogP contribution in [0.3, 0.4) is 0 Å².